The molecule has 0 saturated carbocycles. The van der Waals surface area contributed by atoms with Crippen LogP contribution in [0, 0.1) is 6.92 Å². The van der Waals surface area contributed by atoms with Crippen molar-refractivity contribution in [3.05, 3.63) is 39.9 Å². The molecule has 0 unspecified atom stereocenters. The zero-order chi connectivity index (χ0) is 13.7. The SMILES string of the molecule is CCCNCc1cccc(Cl)c1Sc1nc(C)cs1. The summed E-state index contributed by atoms with van der Waals surface area (Å²) in [5.74, 6) is 0. The predicted molar refractivity (Wildman–Crippen MR) is 84.4 cm³/mol. The van der Waals surface area contributed by atoms with E-state index in [-0.39, 0.29) is 0 Å². The summed E-state index contributed by atoms with van der Waals surface area (Å²) in [7, 11) is 0. The lowest BCUT2D eigenvalue weighted by Gasteiger charge is -2.10. The van der Waals surface area contributed by atoms with Gasteiger partial charge in [-0.2, -0.15) is 0 Å². The van der Waals surface area contributed by atoms with Gasteiger partial charge in [-0.3, -0.25) is 0 Å². The van der Waals surface area contributed by atoms with Crippen LogP contribution >= 0.6 is 34.7 Å². The number of hydrogen-bond donors (Lipinski definition) is 1. The van der Waals surface area contributed by atoms with Gasteiger partial charge < -0.3 is 5.32 Å². The lowest BCUT2D eigenvalue weighted by molar-refractivity contribution is 0.669. The first-order chi connectivity index (χ1) is 9.20. The van der Waals surface area contributed by atoms with Gasteiger partial charge in [0.25, 0.3) is 0 Å². The zero-order valence-corrected chi connectivity index (χ0v) is 13.5. The highest BCUT2D eigenvalue weighted by Crippen LogP contribution is 2.37. The smallest absolute Gasteiger partial charge is 0.154 e. The second kappa shape index (κ2) is 7.29. The monoisotopic (exact) mass is 312 g/mol. The van der Waals surface area contributed by atoms with Crippen LogP contribution < -0.4 is 5.32 Å². The lowest BCUT2D eigenvalue weighted by Crippen LogP contribution is -2.14. The quantitative estimate of drug-likeness (QED) is 0.779. The molecule has 0 spiro atoms. The topological polar surface area (TPSA) is 24.9 Å². The molecule has 0 bridgehead atoms. The Morgan fingerprint density at radius 1 is 1.42 bits per heavy atom. The first-order valence-electron chi connectivity index (χ1n) is 6.28. The predicted octanol–water partition coefficient (Wildman–Crippen LogP) is 4.76. The number of rotatable bonds is 6. The number of nitrogens with one attached hydrogen (secondary N) is 1. The van der Waals surface area contributed by atoms with Crippen LogP contribution in [-0.2, 0) is 6.54 Å². The van der Waals surface area contributed by atoms with Crippen molar-refractivity contribution in [1.29, 1.82) is 0 Å². The average Bonchev–Trinajstić information content (AvgIpc) is 2.79. The van der Waals surface area contributed by atoms with Gasteiger partial charge >= 0.3 is 0 Å². The molecule has 0 atom stereocenters. The van der Waals surface area contributed by atoms with Crippen molar-refractivity contribution in [3.8, 4) is 0 Å². The molecule has 1 N–H and O–H groups in total. The Labute approximate surface area is 127 Å². The third-order valence-electron chi connectivity index (χ3n) is 2.58. The zero-order valence-electron chi connectivity index (χ0n) is 11.1. The van der Waals surface area contributed by atoms with Gasteiger partial charge in [-0.05, 0) is 31.5 Å². The van der Waals surface area contributed by atoms with E-state index >= 15 is 0 Å². The summed E-state index contributed by atoms with van der Waals surface area (Å²) in [6.07, 6.45) is 1.13. The van der Waals surface area contributed by atoms with Crippen molar-refractivity contribution >= 4 is 34.7 Å². The van der Waals surface area contributed by atoms with Gasteiger partial charge in [-0.15, -0.1) is 11.3 Å². The standard InChI is InChI=1S/C14H17ClN2S2/c1-3-7-16-8-11-5-4-6-12(15)13(11)19-14-17-10(2)9-18-14/h4-6,9,16H,3,7-8H2,1-2H3. The second-order valence-electron chi connectivity index (χ2n) is 4.26. The number of thiazole rings is 1. The fourth-order valence-corrected chi connectivity index (χ4v) is 3.89. The average molecular weight is 313 g/mol. The van der Waals surface area contributed by atoms with Crippen LogP contribution in [0.3, 0.4) is 0 Å². The Kier molecular flexibility index (Phi) is 5.70. The lowest BCUT2D eigenvalue weighted by atomic mass is 10.2. The molecule has 19 heavy (non-hydrogen) atoms. The van der Waals surface area contributed by atoms with Gasteiger partial charge in [0.05, 0.1) is 5.02 Å². The molecule has 0 saturated heterocycles. The van der Waals surface area contributed by atoms with E-state index in [2.05, 4.69) is 28.7 Å². The third kappa shape index (κ3) is 4.21. The van der Waals surface area contributed by atoms with Crippen molar-refractivity contribution in [2.75, 3.05) is 6.54 Å². The van der Waals surface area contributed by atoms with E-state index in [0.717, 1.165) is 39.5 Å². The maximum Gasteiger partial charge on any atom is 0.154 e. The molecule has 2 nitrogen and oxygen atoms in total. The molecule has 0 aliphatic heterocycles. The fraction of sp³-hybridized carbons (Fsp3) is 0.357. The molecule has 1 heterocycles. The number of nitrogens with zero attached hydrogens (tertiary/aromatic N) is 1. The normalized spacial score (nSPS) is 10.9. The molecule has 5 heteroatoms. The third-order valence-corrected chi connectivity index (χ3v) is 5.25. The van der Waals surface area contributed by atoms with Crippen LogP contribution in [0.25, 0.3) is 0 Å². The molecule has 0 amide bonds. The molecule has 102 valence electrons. The molecule has 1 aromatic carbocycles. The molecular formula is C14H17ClN2S2. The van der Waals surface area contributed by atoms with Gasteiger partial charge in [-0.1, -0.05) is 42.4 Å². The summed E-state index contributed by atoms with van der Waals surface area (Å²) < 4.78 is 1.04. The number of benzene rings is 1. The number of hydrogen-bond acceptors (Lipinski definition) is 4. The molecule has 0 aliphatic carbocycles. The highest BCUT2D eigenvalue weighted by atomic mass is 35.5. The molecular weight excluding hydrogens is 296 g/mol. The summed E-state index contributed by atoms with van der Waals surface area (Å²) in [5.41, 5.74) is 2.30. The Morgan fingerprint density at radius 2 is 2.26 bits per heavy atom. The first kappa shape index (κ1) is 14.9. The Balaban J connectivity index is 2.17. The largest absolute Gasteiger partial charge is 0.313 e. The van der Waals surface area contributed by atoms with E-state index in [9.17, 15) is 0 Å². The number of halogens is 1. The van der Waals surface area contributed by atoms with Crippen molar-refractivity contribution in [2.45, 2.75) is 36.0 Å². The van der Waals surface area contributed by atoms with Crippen molar-refractivity contribution in [1.82, 2.24) is 10.3 Å². The summed E-state index contributed by atoms with van der Waals surface area (Å²) in [5, 5.41) is 6.28. The minimum atomic E-state index is 0.800. The van der Waals surface area contributed by atoms with Gasteiger partial charge in [0, 0.05) is 22.5 Å². The highest BCUT2D eigenvalue weighted by molar-refractivity contribution is 8.01. The Hall–Kier alpha value is -0.550. The highest BCUT2D eigenvalue weighted by Gasteiger charge is 2.10. The van der Waals surface area contributed by atoms with E-state index in [0.29, 0.717) is 0 Å². The number of aromatic nitrogens is 1. The van der Waals surface area contributed by atoms with Crippen LogP contribution in [0.5, 0.6) is 0 Å². The molecule has 0 aliphatic rings. The van der Waals surface area contributed by atoms with Crippen molar-refractivity contribution < 1.29 is 0 Å². The maximum atomic E-state index is 6.33. The molecule has 0 fully saturated rings. The van der Waals surface area contributed by atoms with Crippen molar-refractivity contribution in [2.24, 2.45) is 0 Å². The van der Waals surface area contributed by atoms with Gasteiger partial charge in [-0.25, -0.2) is 4.98 Å². The van der Waals surface area contributed by atoms with Crippen LogP contribution in [0.2, 0.25) is 5.02 Å². The van der Waals surface area contributed by atoms with Crippen LogP contribution in [-0.4, -0.2) is 11.5 Å². The summed E-state index contributed by atoms with van der Waals surface area (Å²) in [6, 6.07) is 6.06. The van der Waals surface area contributed by atoms with Crippen LogP contribution in [0.15, 0.2) is 32.8 Å². The van der Waals surface area contributed by atoms with E-state index in [1.54, 1.807) is 23.1 Å². The van der Waals surface area contributed by atoms with Crippen molar-refractivity contribution in [3.63, 3.8) is 0 Å². The molecule has 0 radical (unpaired) electrons. The second-order valence-corrected chi connectivity index (χ2v) is 6.78. The summed E-state index contributed by atoms with van der Waals surface area (Å²) in [6.45, 7) is 6.05. The van der Waals surface area contributed by atoms with Gasteiger partial charge in [0.15, 0.2) is 4.34 Å². The van der Waals surface area contributed by atoms with Crippen LogP contribution in [0.4, 0.5) is 0 Å². The summed E-state index contributed by atoms with van der Waals surface area (Å²) >= 11 is 9.65. The van der Waals surface area contributed by atoms with E-state index in [1.165, 1.54) is 5.56 Å². The molecule has 2 rings (SSSR count). The minimum absolute atomic E-state index is 0.800. The van der Waals surface area contributed by atoms with E-state index < -0.39 is 0 Å². The summed E-state index contributed by atoms with van der Waals surface area (Å²) in [4.78, 5) is 5.60. The van der Waals surface area contributed by atoms with Gasteiger partial charge in [0.1, 0.15) is 0 Å². The number of aryl methyl sites for hydroxylation is 1. The van der Waals surface area contributed by atoms with E-state index in [4.69, 9.17) is 11.6 Å². The first-order valence-corrected chi connectivity index (χ1v) is 8.36. The minimum Gasteiger partial charge on any atom is -0.313 e. The molecule has 2 aromatic rings. The Morgan fingerprint density at radius 3 is 2.95 bits per heavy atom. The maximum absolute atomic E-state index is 6.33. The Bertz CT molecular complexity index is 540. The fourth-order valence-electron chi connectivity index (χ4n) is 1.67. The van der Waals surface area contributed by atoms with Gasteiger partial charge in [0.2, 0.25) is 0 Å². The van der Waals surface area contributed by atoms with E-state index in [1.807, 2.05) is 19.1 Å². The van der Waals surface area contributed by atoms with Crippen LogP contribution in [0.1, 0.15) is 24.6 Å². The molecule has 1 aromatic heterocycles.